The summed E-state index contributed by atoms with van der Waals surface area (Å²) in [4.78, 5) is 20.4. The van der Waals surface area contributed by atoms with E-state index in [1.807, 2.05) is 25.2 Å². The van der Waals surface area contributed by atoms with E-state index in [1.165, 1.54) is 0 Å². The van der Waals surface area contributed by atoms with Gasteiger partial charge in [0.2, 0.25) is 5.95 Å². The molecule has 30 heavy (non-hydrogen) atoms. The van der Waals surface area contributed by atoms with E-state index in [9.17, 15) is 0 Å². The number of thiol groups is 1. The van der Waals surface area contributed by atoms with Crippen molar-refractivity contribution in [2.24, 2.45) is 9.98 Å². The lowest BCUT2D eigenvalue weighted by Crippen LogP contribution is -2.26. The van der Waals surface area contributed by atoms with Crippen LogP contribution in [0.4, 0.5) is 11.6 Å². The Kier molecular flexibility index (Phi) is 7.95. The molecule has 8 nitrogen and oxygen atoms in total. The Bertz CT molecular complexity index is 927. The fourth-order valence-corrected chi connectivity index (χ4v) is 3.45. The zero-order chi connectivity index (χ0) is 21.3. The SMILES string of the molecule is C=N/C(=C1/CCN(c2cccc(S)c2)C1=NCCOCCNC)c1cnc(N)nc1. The molecule has 0 unspecified atom stereocenters. The molecule has 0 bridgehead atoms. The second-order valence-electron chi connectivity index (χ2n) is 6.66. The number of hydrogen-bond acceptors (Lipinski definition) is 8. The van der Waals surface area contributed by atoms with Crippen molar-refractivity contribution in [2.75, 3.05) is 50.5 Å². The number of hydrogen-bond donors (Lipinski definition) is 3. The van der Waals surface area contributed by atoms with Gasteiger partial charge < -0.3 is 20.7 Å². The van der Waals surface area contributed by atoms with E-state index >= 15 is 0 Å². The van der Waals surface area contributed by atoms with Crippen molar-refractivity contribution in [1.82, 2.24) is 15.3 Å². The van der Waals surface area contributed by atoms with Gasteiger partial charge in [-0.15, -0.1) is 12.6 Å². The van der Waals surface area contributed by atoms with Gasteiger partial charge in [-0.1, -0.05) is 6.07 Å². The van der Waals surface area contributed by atoms with Gasteiger partial charge >= 0.3 is 0 Å². The van der Waals surface area contributed by atoms with Crippen molar-refractivity contribution in [3.05, 3.63) is 47.8 Å². The number of ether oxygens (including phenoxy) is 1. The molecule has 2 heterocycles. The highest BCUT2D eigenvalue weighted by Gasteiger charge is 2.28. The summed E-state index contributed by atoms with van der Waals surface area (Å²) in [7, 11) is 1.90. The minimum Gasteiger partial charge on any atom is -0.378 e. The quantitative estimate of drug-likeness (QED) is 0.324. The van der Waals surface area contributed by atoms with E-state index in [0.29, 0.717) is 19.8 Å². The Hall–Kier alpha value is -2.75. The maximum absolute atomic E-state index is 5.63. The van der Waals surface area contributed by atoms with Crippen LogP contribution in [0, 0.1) is 0 Å². The highest BCUT2D eigenvalue weighted by molar-refractivity contribution is 7.80. The minimum atomic E-state index is 0.221. The summed E-state index contributed by atoms with van der Waals surface area (Å²) in [5.74, 6) is 1.07. The summed E-state index contributed by atoms with van der Waals surface area (Å²) < 4.78 is 5.63. The second-order valence-corrected chi connectivity index (χ2v) is 7.17. The second kappa shape index (κ2) is 10.9. The van der Waals surface area contributed by atoms with Crippen LogP contribution in [0.2, 0.25) is 0 Å². The van der Waals surface area contributed by atoms with Gasteiger partial charge in [-0.05, 0) is 38.4 Å². The summed E-state index contributed by atoms with van der Waals surface area (Å²) in [5, 5.41) is 3.06. The highest BCUT2D eigenvalue weighted by Crippen LogP contribution is 2.32. The third-order valence-corrected chi connectivity index (χ3v) is 4.91. The first-order chi connectivity index (χ1) is 14.6. The predicted molar refractivity (Wildman–Crippen MR) is 126 cm³/mol. The molecule has 1 fully saturated rings. The Morgan fingerprint density at radius 1 is 1.33 bits per heavy atom. The predicted octanol–water partition coefficient (Wildman–Crippen LogP) is 2.30. The molecule has 3 rings (SSSR count). The number of rotatable bonds is 9. The Morgan fingerprint density at radius 2 is 2.13 bits per heavy atom. The topological polar surface area (TPSA) is 101 Å². The highest BCUT2D eigenvalue weighted by atomic mass is 32.1. The fourth-order valence-electron chi connectivity index (χ4n) is 3.24. The van der Waals surface area contributed by atoms with E-state index in [4.69, 9.17) is 15.5 Å². The van der Waals surface area contributed by atoms with E-state index in [-0.39, 0.29) is 5.95 Å². The van der Waals surface area contributed by atoms with Crippen molar-refractivity contribution in [1.29, 1.82) is 0 Å². The lowest BCUT2D eigenvalue weighted by molar-refractivity contribution is 0.145. The van der Waals surface area contributed by atoms with Crippen LogP contribution in [0.5, 0.6) is 0 Å². The van der Waals surface area contributed by atoms with Gasteiger partial charge in [0.1, 0.15) is 5.84 Å². The van der Waals surface area contributed by atoms with Crippen LogP contribution in [-0.2, 0) is 4.74 Å². The molecule has 2 aromatic rings. The van der Waals surface area contributed by atoms with Gasteiger partial charge in [-0.3, -0.25) is 9.98 Å². The summed E-state index contributed by atoms with van der Waals surface area (Å²) in [6.45, 7) is 7.09. The van der Waals surface area contributed by atoms with E-state index in [0.717, 1.165) is 52.8 Å². The summed E-state index contributed by atoms with van der Waals surface area (Å²) >= 11 is 4.48. The Morgan fingerprint density at radius 3 is 2.83 bits per heavy atom. The van der Waals surface area contributed by atoms with Crippen LogP contribution in [0.25, 0.3) is 5.70 Å². The molecule has 3 N–H and O–H groups in total. The maximum atomic E-state index is 5.63. The van der Waals surface area contributed by atoms with Crippen molar-refractivity contribution < 1.29 is 4.74 Å². The molecule has 0 radical (unpaired) electrons. The Labute approximate surface area is 182 Å². The molecular formula is C21H27N7OS. The van der Waals surface area contributed by atoms with Crippen LogP contribution in [-0.4, -0.2) is 62.4 Å². The van der Waals surface area contributed by atoms with Gasteiger partial charge in [0.05, 0.1) is 25.5 Å². The van der Waals surface area contributed by atoms with Crippen LogP contribution < -0.4 is 16.0 Å². The lowest BCUT2D eigenvalue weighted by atomic mass is 10.1. The molecule has 0 aliphatic carbocycles. The number of nitrogens with two attached hydrogens (primary N) is 1. The smallest absolute Gasteiger partial charge is 0.219 e. The number of aliphatic imine (C=N–C) groups is 2. The number of nitrogen functional groups attached to an aromatic ring is 1. The number of amidine groups is 1. The lowest BCUT2D eigenvalue weighted by Gasteiger charge is -2.20. The van der Waals surface area contributed by atoms with E-state index < -0.39 is 0 Å². The standard InChI is InChI=1S/C21H27N7OS/c1-23-7-10-29-11-8-25-20-18(19(24-2)15-13-26-21(22)27-14-15)6-9-28(20)16-4-3-5-17(30)12-16/h3-5,12-14,23,30H,2,6-11H2,1H3,(H2,22,26,27)/b19-18-,25-20?. The average Bonchev–Trinajstić information content (AvgIpc) is 3.16. The molecule has 158 valence electrons. The zero-order valence-corrected chi connectivity index (χ0v) is 18.0. The number of nitrogens with one attached hydrogen (secondary N) is 1. The van der Waals surface area contributed by atoms with Crippen LogP contribution in [0.1, 0.15) is 12.0 Å². The van der Waals surface area contributed by atoms with E-state index in [2.05, 4.69) is 50.6 Å². The fraction of sp³-hybridized carbons (Fsp3) is 0.333. The molecule has 1 aromatic heterocycles. The molecule has 1 aliphatic heterocycles. The number of likely N-dealkylation sites (N-methyl/N-ethyl adjacent to an activating group) is 1. The van der Waals surface area contributed by atoms with Crippen LogP contribution in [0.3, 0.4) is 0 Å². The molecule has 0 amide bonds. The summed E-state index contributed by atoms with van der Waals surface area (Å²) in [6, 6.07) is 8.01. The van der Waals surface area contributed by atoms with Crippen molar-refractivity contribution >= 4 is 42.5 Å². The van der Waals surface area contributed by atoms with Crippen LogP contribution in [0.15, 0.2) is 57.1 Å². The van der Waals surface area contributed by atoms with Crippen LogP contribution >= 0.6 is 12.6 Å². The number of aromatic nitrogens is 2. The molecule has 0 atom stereocenters. The number of benzene rings is 1. The first-order valence-corrected chi connectivity index (χ1v) is 10.2. The molecule has 0 spiro atoms. The minimum absolute atomic E-state index is 0.221. The van der Waals surface area contributed by atoms with Gasteiger partial charge in [0.15, 0.2) is 0 Å². The maximum Gasteiger partial charge on any atom is 0.219 e. The molecule has 1 aromatic carbocycles. The largest absolute Gasteiger partial charge is 0.378 e. The molecule has 1 saturated heterocycles. The molecule has 1 aliphatic rings. The van der Waals surface area contributed by atoms with E-state index in [1.54, 1.807) is 12.4 Å². The normalized spacial score (nSPS) is 16.9. The van der Waals surface area contributed by atoms with Crippen molar-refractivity contribution in [3.63, 3.8) is 0 Å². The monoisotopic (exact) mass is 425 g/mol. The molecule has 9 heteroatoms. The molecule has 0 saturated carbocycles. The Balaban J connectivity index is 1.94. The van der Waals surface area contributed by atoms with Gasteiger partial charge in [0.25, 0.3) is 0 Å². The first-order valence-electron chi connectivity index (χ1n) is 9.75. The summed E-state index contributed by atoms with van der Waals surface area (Å²) in [6.07, 6.45) is 4.10. The third-order valence-electron chi connectivity index (χ3n) is 4.64. The van der Waals surface area contributed by atoms with Crippen molar-refractivity contribution in [3.8, 4) is 0 Å². The van der Waals surface area contributed by atoms with Gasteiger partial charge in [-0.2, -0.15) is 0 Å². The first kappa shape index (κ1) is 21.9. The third kappa shape index (κ3) is 5.44. The van der Waals surface area contributed by atoms with Gasteiger partial charge in [0, 0.05) is 47.2 Å². The molecular weight excluding hydrogens is 398 g/mol. The summed E-state index contributed by atoms with van der Waals surface area (Å²) in [5.41, 5.74) is 9.14. The zero-order valence-electron chi connectivity index (χ0n) is 17.1. The van der Waals surface area contributed by atoms with Crippen molar-refractivity contribution in [2.45, 2.75) is 11.3 Å². The number of anilines is 2. The average molecular weight is 426 g/mol. The number of nitrogens with zero attached hydrogens (tertiary/aromatic N) is 5. The van der Waals surface area contributed by atoms with Gasteiger partial charge in [-0.25, -0.2) is 9.97 Å².